The Hall–Kier alpha value is -3.04. The van der Waals surface area contributed by atoms with Gasteiger partial charge >= 0.3 is 7.82 Å². The van der Waals surface area contributed by atoms with E-state index in [1.54, 1.807) is 0 Å². The zero-order valence-electron chi connectivity index (χ0n) is 25.4. The molecule has 0 spiro atoms. The lowest BCUT2D eigenvalue weighted by atomic mass is 9.84. The van der Waals surface area contributed by atoms with Crippen molar-refractivity contribution in [2.75, 3.05) is 0 Å². The van der Waals surface area contributed by atoms with Crippen LogP contribution in [0.5, 0.6) is 0 Å². The Bertz CT molecular complexity index is 1290. The van der Waals surface area contributed by atoms with Crippen molar-refractivity contribution in [3.63, 3.8) is 0 Å². The van der Waals surface area contributed by atoms with Gasteiger partial charge in [0.15, 0.2) is 0 Å². The molecule has 0 aliphatic carbocycles. The van der Waals surface area contributed by atoms with Crippen molar-refractivity contribution in [2.45, 2.75) is 121 Å². The van der Waals surface area contributed by atoms with Gasteiger partial charge in [0.2, 0.25) is 0 Å². The van der Waals surface area contributed by atoms with E-state index in [1.165, 1.54) is 85.7 Å². The van der Waals surface area contributed by atoms with Crippen molar-refractivity contribution < 1.29 is 27.7 Å². The summed E-state index contributed by atoms with van der Waals surface area (Å²) >= 11 is 0. The number of hydrogen-bond donors (Lipinski definition) is 2. The minimum Gasteiger partial charge on any atom is -0.303 e. The number of halogens is 2. The van der Waals surface area contributed by atoms with Crippen LogP contribution in [-0.4, -0.2) is 39.3 Å². The number of benzene rings is 1. The first kappa shape index (κ1) is 35.4. The van der Waals surface area contributed by atoms with Gasteiger partial charge in [-0.05, 0) is 30.4 Å². The van der Waals surface area contributed by atoms with Crippen LogP contribution in [0.3, 0.4) is 0 Å². The van der Waals surface area contributed by atoms with E-state index in [4.69, 9.17) is 4.52 Å². The molecule has 2 heterocycles. The van der Waals surface area contributed by atoms with E-state index < -0.39 is 31.0 Å². The Morgan fingerprint density at radius 2 is 1.43 bits per heavy atom. The van der Waals surface area contributed by atoms with Crippen LogP contribution in [0.1, 0.15) is 114 Å². The third-order valence-corrected chi connectivity index (χ3v) is 8.43. The Kier molecular flexibility index (Phi) is 14.5. The lowest BCUT2D eigenvalue weighted by Gasteiger charge is -2.34. The molecular weight excluding hydrogens is 591 g/mol. The van der Waals surface area contributed by atoms with Crippen molar-refractivity contribution in [3.05, 3.63) is 60.2 Å². The fourth-order valence-electron chi connectivity index (χ4n) is 5.68. The quantitative estimate of drug-likeness (QED) is 0.0883. The molecule has 242 valence electrons. The predicted octanol–water partition coefficient (Wildman–Crippen LogP) is 6.94. The van der Waals surface area contributed by atoms with Crippen LogP contribution < -0.4 is 0 Å². The topological polar surface area (TPSA) is 152 Å². The predicted molar refractivity (Wildman–Crippen MR) is 160 cm³/mol. The Labute approximate surface area is 257 Å². The normalized spacial score (nSPS) is 12.8. The summed E-state index contributed by atoms with van der Waals surface area (Å²) in [6.07, 6.45) is 18.9. The second kappa shape index (κ2) is 18.1. The molecule has 14 heteroatoms. The van der Waals surface area contributed by atoms with Gasteiger partial charge in [-0.3, -0.25) is 4.52 Å². The molecule has 0 aliphatic heterocycles. The van der Waals surface area contributed by atoms with E-state index >= 15 is 8.78 Å². The Morgan fingerprint density at radius 1 is 0.886 bits per heavy atom. The van der Waals surface area contributed by atoms with Crippen molar-refractivity contribution in [2.24, 2.45) is 0 Å². The highest BCUT2D eigenvalue weighted by molar-refractivity contribution is 7.46. The number of unbranched alkanes of at least 4 members (excludes halogenated alkanes) is 10. The average Bonchev–Trinajstić information content (AvgIpc) is 3.67. The summed E-state index contributed by atoms with van der Waals surface area (Å²) in [4.78, 5) is 27.6. The highest BCUT2D eigenvalue weighted by Crippen LogP contribution is 2.48. The SMILES string of the molecule is CCCCCCCCCCCCCC(CCC#N)c1cc(C(Cn2cncn2)(Cn2cncn2)OP(=O)(O)O)c(F)cc1F. The van der Waals surface area contributed by atoms with Crippen LogP contribution in [-0.2, 0) is 27.8 Å². The van der Waals surface area contributed by atoms with Gasteiger partial charge in [0, 0.05) is 18.1 Å². The maximum atomic E-state index is 15.7. The van der Waals surface area contributed by atoms with E-state index in [9.17, 15) is 19.6 Å². The first-order chi connectivity index (χ1) is 21.2. The molecule has 0 radical (unpaired) electrons. The zero-order chi connectivity index (χ0) is 31.8. The van der Waals surface area contributed by atoms with Crippen molar-refractivity contribution >= 4 is 7.82 Å². The van der Waals surface area contributed by atoms with Gasteiger partial charge in [-0.1, -0.05) is 77.6 Å². The number of rotatable bonds is 22. The minimum absolute atomic E-state index is 0.166. The monoisotopic (exact) mass is 635 g/mol. The highest BCUT2D eigenvalue weighted by atomic mass is 31.2. The number of aromatic nitrogens is 6. The number of nitriles is 1. The second-order valence-electron chi connectivity index (χ2n) is 11.3. The number of phosphoric acid groups is 1. The molecule has 44 heavy (non-hydrogen) atoms. The molecule has 11 nitrogen and oxygen atoms in total. The van der Waals surface area contributed by atoms with Gasteiger partial charge in [-0.15, -0.1) is 0 Å². The molecule has 3 aromatic rings. The molecule has 1 aromatic carbocycles. The van der Waals surface area contributed by atoms with Crippen LogP contribution in [0.2, 0.25) is 0 Å². The maximum absolute atomic E-state index is 15.7. The number of hydrogen-bond acceptors (Lipinski definition) is 7. The van der Waals surface area contributed by atoms with E-state index in [-0.39, 0.29) is 30.6 Å². The van der Waals surface area contributed by atoms with Gasteiger partial charge in [0.1, 0.15) is 42.5 Å². The van der Waals surface area contributed by atoms with Crippen molar-refractivity contribution in [1.82, 2.24) is 29.5 Å². The molecule has 2 N–H and O–H groups in total. The Balaban J connectivity index is 1.84. The van der Waals surface area contributed by atoms with Crippen LogP contribution in [0.4, 0.5) is 8.78 Å². The second-order valence-corrected chi connectivity index (χ2v) is 12.5. The van der Waals surface area contributed by atoms with E-state index in [0.717, 1.165) is 25.7 Å². The van der Waals surface area contributed by atoms with Gasteiger partial charge in [0.25, 0.3) is 0 Å². The fourth-order valence-corrected chi connectivity index (χ4v) is 6.35. The van der Waals surface area contributed by atoms with Crippen LogP contribution in [0, 0.1) is 23.0 Å². The van der Waals surface area contributed by atoms with Crippen molar-refractivity contribution in [1.29, 1.82) is 5.26 Å². The molecule has 0 bridgehead atoms. The zero-order valence-corrected chi connectivity index (χ0v) is 26.3. The summed E-state index contributed by atoms with van der Waals surface area (Å²) in [6, 6.07) is 4.10. The lowest BCUT2D eigenvalue weighted by Crippen LogP contribution is -2.40. The summed E-state index contributed by atoms with van der Waals surface area (Å²) < 4.78 is 51.3. The first-order valence-corrected chi connectivity index (χ1v) is 17.0. The molecule has 1 unspecified atom stereocenters. The minimum atomic E-state index is -5.25. The molecule has 2 aromatic heterocycles. The van der Waals surface area contributed by atoms with Crippen LogP contribution >= 0.6 is 7.82 Å². The highest BCUT2D eigenvalue weighted by Gasteiger charge is 2.44. The molecule has 1 atom stereocenters. The molecular formula is C30H44F2N7O4P. The number of phosphoric ester groups is 1. The van der Waals surface area contributed by atoms with E-state index in [1.807, 2.05) is 0 Å². The van der Waals surface area contributed by atoms with Gasteiger partial charge in [0.05, 0.1) is 19.2 Å². The van der Waals surface area contributed by atoms with E-state index in [2.05, 4.69) is 33.2 Å². The van der Waals surface area contributed by atoms with Gasteiger partial charge in [-0.25, -0.2) is 32.7 Å². The third-order valence-electron chi connectivity index (χ3n) is 7.84. The molecule has 0 fully saturated rings. The molecule has 0 aliphatic rings. The summed E-state index contributed by atoms with van der Waals surface area (Å²) in [5, 5.41) is 17.3. The summed E-state index contributed by atoms with van der Waals surface area (Å²) in [6.45, 7) is 1.47. The molecule has 3 rings (SSSR count). The van der Waals surface area contributed by atoms with E-state index in [0.29, 0.717) is 18.9 Å². The fraction of sp³-hybridized carbons (Fsp3) is 0.633. The Morgan fingerprint density at radius 3 is 1.91 bits per heavy atom. The molecule has 0 saturated carbocycles. The first-order valence-electron chi connectivity index (χ1n) is 15.4. The summed E-state index contributed by atoms with van der Waals surface area (Å²) in [5.74, 6) is -2.24. The summed E-state index contributed by atoms with van der Waals surface area (Å²) in [7, 11) is -5.25. The van der Waals surface area contributed by atoms with Gasteiger partial charge in [-0.2, -0.15) is 15.5 Å². The number of nitrogens with zero attached hydrogens (tertiary/aromatic N) is 7. The van der Waals surface area contributed by atoms with Crippen molar-refractivity contribution in [3.8, 4) is 6.07 Å². The van der Waals surface area contributed by atoms with Crippen LogP contribution in [0.15, 0.2) is 37.4 Å². The largest absolute Gasteiger partial charge is 0.470 e. The third kappa shape index (κ3) is 11.5. The summed E-state index contributed by atoms with van der Waals surface area (Å²) in [5.41, 5.74) is -2.19. The smallest absolute Gasteiger partial charge is 0.303 e. The molecule has 0 saturated heterocycles. The maximum Gasteiger partial charge on any atom is 0.470 e. The van der Waals surface area contributed by atoms with Crippen LogP contribution in [0.25, 0.3) is 0 Å². The average molecular weight is 636 g/mol. The lowest BCUT2D eigenvalue weighted by molar-refractivity contribution is -0.00835. The molecule has 0 amide bonds. The van der Waals surface area contributed by atoms with Gasteiger partial charge < -0.3 is 9.79 Å². The standard InChI is InChI=1S/C30H44F2N7O4P/c1-2-3-4-5-6-7-8-9-10-11-12-14-25(15-13-16-33)26-17-27(29(32)18-28(26)31)30(43-44(40,41)42,19-38-23-34-21-36-38)20-39-24-35-22-37-39/h17-18,21-25H,2-15,19-20H2,1H3,(H2,40,41,42).